The Morgan fingerprint density at radius 3 is 2.62 bits per heavy atom. The summed E-state index contributed by atoms with van der Waals surface area (Å²) in [5.74, 6) is -3.26. The number of Topliss-reactive ketones (excluding diaryl/α,β-unsaturated/α-hetero) is 1. The summed E-state index contributed by atoms with van der Waals surface area (Å²) < 4.78 is 30.9. The average Bonchev–Trinajstić information content (AvgIpc) is 2.91. The molecule has 2 heterocycles. The Kier molecular flexibility index (Phi) is 7.18. The smallest absolute Gasteiger partial charge is 1.00 e. The molecule has 1 saturated heterocycles. The summed E-state index contributed by atoms with van der Waals surface area (Å²) in [6.07, 6.45) is 0.353. The Morgan fingerprint density at radius 2 is 2.12 bits per heavy atom. The van der Waals surface area contributed by atoms with Gasteiger partial charge in [-0.1, -0.05) is 0 Å². The van der Waals surface area contributed by atoms with Crippen LogP contribution < -0.4 is 62.0 Å². The van der Waals surface area contributed by atoms with Crippen molar-refractivity contribution >= 4 is 50.8 Å². The minimum Gasteiger partial charge on any atom is -1.00 e. The van der Waals surface area contributed by atoms with Crippen LogP contribution in [-0.2, 0) is 24.7 Å². The largest absolute Gasteiger partial charge is 1.00 e. The molecule has 0 aliphatic carbocycles. The molecule has 14 heteroatoms. The molecule has 1 aliphatic rings. The van der Waals surface area contributed by atoms with Gasteiger partial charge in [0.15, 0.2) is 5.13 Å². The standard InChI is InChI=1S/C10H10N4O7S2.K.H/c1-4-6(9(18)14(4)23(19,20)21)13-8(17)7(16)5-2-22-10(12-5)11-3-15;;/h2-4,6H,1H3,(H,13,17)(H,11,12,15)(H,19,20,21);;/q;+1;-1/t4?,6-;;/m0../s1. The number of hydrogen-bond acceptors (Lipinski definition) is 8. The molecule has 0 aromatic carbocycles. The van der Waals surface area contributed by atoms with E-state index in [1.54, 1.807) is 0 Å². The first-order chi connectivity index (χ1) is 10.7. The minimum atomic E-state index is -4.71. The van der Waals surface area contributed by atoms with Crippen molar-refractivity contribution in [2.24, 2.45) is 0 Å². The van der Waals surface area contributed by atoms with Gasteiger partial charge in [0.2, 0.25) is 6.41 Å². The summed E-state index contributed by atoms with van der Waals surface area (Å²) in [6, 6.07) is -2.28. The molecule has 1 aromatic rings. The molecule has 126 valence electrons. The number of thiazole rings is 1. The molecule has 3 N–H and O–H groups in total. The first-order valence-corrected chi connectivity index (χ1v) is 8.26. The van der Waals surface area contributed by atoms with E-state index >= 15 is 0 Å². The predicted molar refractivity (Wildman–Crippen MR) is 77.0 cm³/mol. The number of carbonyl (C=O) groups is 4. The molecule has 0 spiro atoms. The van der Waals surface area contributed by atoms with Gasteiger partial charge in [-0.2, -0.15) is 8.42 Å². The van der Waals surface area contributed by atoms with Gasteiger partial charge in [0, 0.05) is 5.38 Å². The number of rotatable bonds is 6. The maximum atomic E-state index is 11.9. The fourth-order valence-electron chi connectivity index (χ4n) is 1.92. The van der Waals surface area contributed by atoms with Crippen LogP contribution in [0.25, 0.3) is 0 Å². The second kappa shape index (κ2) is 8.09. The average molecular weight is 402 g/mol. The quantitative estimate of drug-likeness (QED) is 0.107. The zero-order valence-corrected chi connectivity index (χ0v) is 17.2. The maximum absolute atomic E-state index is 11.9. The Balaban J connectivity index is 0.00000288. The van der Waals surface area contributed by atoms with Crippen LogP contribution >= 0.6 is 11.3 Å². The van der Waals surface area contributed by atoms with Crippen LogP contribution in [0.15, 0.2) is 5.38 Å². The van der Waals surface area contributed by atoms with Gasteiger partial charge in [-0.15, -0.1) is 11.3 Å². The Labute approximate surface area is 184 Å². The molecule has 11 nitrogen and oxygen atoms in total. The second-order valence-electron chi connectivity index (χ2n) is 4.43. The number of β-lactam (4-membered cyclic amide) rings is 1. The first-order valence-electron chi connectivity index (χ1n) is 5.98. The number of nitrogens with one attached hydrogen (secondary N) is 2. The van der Waals surface area contributed by atoms with Crippen molar-refractivity contribution < 1.29 is 85.0 Å². The van der Waals surface area contributed by atoms with E-state index in [9.17, 15) is 27.6 Å². The van der Waals surface area contributed by atoms with E-state index in [2.05, 4.69) is 15.6 Å². The van der Waals surface area contributed by atoms with Gasteiger partial charge < -0.3 is 12.1 Å². The van der Waals surface area contributed by atoms with Gasteiger partial charge >= 0.3 is 61.7 Å². The van der Waals surface area contributed by atoms with E-state index in [-0.39, 0.29) is 67.9 Å². The fraction of sp³-hybridized carbons (Fsp3) is 0.300. The topological polar surface area (TPSA) is 163 Å². The van der Waals surface area contributed by atoms with Crippen molar-refractivity contribution in [3.8, 4) is 0 Å². The maximum Gasteiger partial charge on any atom is 1.00 e. The van der Waals surface area contributed by atoms with Crippen LogP contribution in [0.1, 0.15) is 18.8 Å². The van der Waals surface area contributed by atoms with Gasteiger partial charge in [-0.25, -0.2) is 9.29 Å². The van der Waals surface area contributed by atoms with Crippen LogP contribution in [0.4, 0.5) is 5.13 Å². The molecular weight excluding hydrogens is 391 g/mol. The monoisotopic (exact) mass is 402 g/mol. The van der Waals surface area contributed by atoms with Crippen LogP contribution in [0.3, 0.4) is 0 Å². The number of anilines is 1. The summed E-state index contributed by atoms with van der Waals surface area (Å²) in [5.41, 5.74) is -0.233. The third-order valence-corrected chi connectivity index (χ3v) is 4.78. The summed E-state index contributed by atoms with van der Waals surface area (Å²) in [6.45, 7) is 1.28. The van der Waals surface area contributed by atoms with E-state index in [1.165, 1.54) is 12.3 Å². The molecular formula is C10H11KN4O7S2. The molecule has 2 rings (SSSR count). The Morgan fingerprint density at radius 1 is 1.50 bits per heavy atom. The molecule has 1 unspecified atom stereocenters. The Bertz CT molecular complexity index is 799. The third-order valence-electron chi connectivity index (χ3n) is 3.00. The fourth-order valence-corrected chi connectivity index (χ4v) is 3.45. The summed E-state index contributed by atoms with van der Waals surface area (Å²) >= 11 is 0.921. The minimum absolute atomic E-state index is 0. The molecule has 0 bridgehead atoms. The number of carbonyl (C=O) groups excluding carboxylic acids is 4. The number of aromatic nitrogens is 1. The molecule has 1 aromatic heterocycles. The van der Waals surface area contributed by atoms with Crippen molar-refractivity contribution in [3.05, 3.63) is 11.1 Å². The zero-order chi connectivity index (χ0) is 17.4. The van der Waals surface area contributed by atoms with Crippen molar-refractivity contribution in [2.75, 3.05) is 5.32 Å². The molecule has 0 radical (unpaired) electrons. The van der Waals surface area contributed by atoms with Crippen LogP contribution in [-0.4, -0.2) is 58.4 Å². The van der Waals surface area contributed by atoms with Gasteiger partial charge in [0.1, 0.15) is 11.7 Å². The van der Waals surface area contributed by atoms with Crippen molar-refractivity contribution in [3.63, 3.8) is 0 Å². The number of hydrogen-bond donors (Lipinski definition) is 3. The van der Waals surface area contributed by atoms with Crippen molar-refractivity contribution in [2.45, 2.75) is 19.0 Å². The SMILES string of the molecule is CC1[C@H](NC(=O)C(=O)c2csc(NC=O)n2)C(=O)N1S(=O)(=O)O.[H-].[K+]. The first kappa shape index (κ1) is 21.3. The van der Waals surface area contributed by atoms with Crippen LogP contribution in [0, 0.1) is 0 Å². The zero-order valence-electron chi connectivity index (χ0n) is 13.4. The van der Waals surface area contributed by atoms with Crippen LogP contribution in [0.2, 0.25) is 0 Å². The normalized spacial score (nSPS) is 19.8. The predicted octanol–water partition coefficient (Wildman–Crippen LogP) is -4.47. The van der Waals surface area contributed by atoms with E-state index in [1.807, 2.05) is 0 Å². The Hall–Kier alpha value is -0.744. The molecule has 1 aliphatic heterocycles. The summed E-state index contributed by atoms with van der Waals surface area (Å²) in [4.78, 5) is 49.2. The molecule has 24 heavy (non-hydrogen) atoms. The van der Waals surface area contributed by atoms with Crippen molar-refractivity contribution in [1.29, 1.82) is 0 Å². The van der Waals surface area contributed by atoms with Gasteiger partial charge in [-0.05, 0) is 6.92 Å². The third kappa shape index (κ3) is 4.26. The van der Waals surface area contributed by atoms with Crippen LogP contribution in [0.5, 0.6) is 0 Å². The van der Waals surface area contributed by atoms with Gasteiger partial charge in [0.25, 0.3) is 17.6 Å². The second-order valence-corrected chi connectivity index (χ2v) is 6.58. The van der Waals surface area contributed by atoms with E-state index < -0.39 is 40.0 Å². The molecule has 1 fully saturated rings. The summed E-state index contributed by atoms with van der Waals surface area (Å²) in [7, 11) is -4.71. The van der Waals surface area contributed by atoms with E-state index in [4.69, 9.17) is 4.55 Å². The van der Waals surface area contributed by atoms with Gasteiger partial charge in [0.05, 0.1) is 6.04 Å². The van der Waals surface area contributed by atoms with Gasteiger partial charge in [-0.3, -0.25) is 23.7 Å². The molecule has 2 atom stereocenters. The van der Waals surface area contributed by atoms with Crippen molar-refractivity contribution in [1.82, 2.24) is 14.6 Å². The summed E-state index contributed by atoms with van der Waals surface area (Å²) in [5, 5.41) is 5.64. The van der Waals surface area contributed by atoms with E-state index in [0.29, 0.717) is 6.41 Å². The number of ketones is 1. The molecule has 3 amide bonds. The molecule has 0 saturated carbocycles. The number of amides is 3. The van der Waals surface area contributed by atoms with E-state index in [0.717, 1.165) is 11.3 Å². The number of nitrogens with zero attached hydrogens (tertiary/aromatic N) is 2.